The van der Waals surface area contributed by atoms with Gasteiger partial charge in [0.25, 0.3) is 0 Å². The van der Waals surface area contributed by atoms with Gasteiger partial charge in [0.15, 0.2) is 0 Å². The molecule has 5 heteroatoms. The Hall–Kier alpha value is -1.07. The number of anilines is 1. The molecule has 1 aliphatic carbocycles. The molecule has 1 N–H and O–H groups in total. The van der Waals surface area contributed by atoms with Crippen LogP contribution in [0.1, 0.15) is 12.8 Å². The highest BCUT2D eigenvalue weighted by Crippen LogP contribution is 2.26. The summed E-state index contributed by atoms with van der Waals surface area (Å²) in [6.07, 6.45) is 2.22. The molecular formula is C14H19BrN2O2. The van der Waals surface area contributed by atoms with E-state index in [-0.39, 0.29) is 12.5 Å². The fraction of sp³-hybridized carbons (Fsp3) is 0.500. The van der Waals surface area contributed by atoms with Crippen LogP contribution in [0.15, 0.2) is 28.7 Å². The van der Waals surface area contributed by atoms with Crippen molar-refractivity contribution in [3.8, 4) is 0 Å². The minimum atomic E-state index is 0.0382. The van der Waals surface area contributed by atoms with Gasteiger partial charge in [0.2, 0.25) is 5.91 Å². The molecule has 1 aromatic rings. The first-order valence-electron chi connectivity index (χ1n) is 6.49. The first kappa shape index (κ1) is 14.3. The molecule has 0 spiro atoms. The van der Waals surface area contributed by atoms with Crippen LogP contribution in [0.5, 0.6) is 0 Å². The van der Waals surface area contributed by atoms with E-state index >= 15 is 0 Å². The number of benzene rings is 1. The Bertz CT molecular complexity index is 432. The summed E-state index contributed by atoms with van der Waals surface area (Å²) in [6, 6.07) is 8.20. The number of hydrogen-bond acceptors (Lipinski definition) is 3. The maximum atomic E-state index is 12.1. The summed E-state index contributed by atoms with van der Waals surface area (Å²) in [5, 5.41) is 9.15. The molecule has 0 unspecified atom stereocenters. The van der Waals surface area contributed by atoms with Gasteiger partial charge in [-0.3, -0.25) is 4.79 Å². The molecule has 0 bridgehead atoms. The van der Waals surface area contributed by atoms with Crippen LogP contribution < -0.4 is 4.90 Å². The van der Waals surface area contributed by atoms with E-state index in [1.165, 1.54) is 0 Å². The number of aliphatic hydroxyl groups is 1. The molecule has 19 heavy (non-hydrogen) atoms. The van der Waals surface area contributed by atoms with E-state index < -0.39 is 0 Å². The van der Waals surface area contributed by atoms with Crippen LogP contribution in [0.3, 0.4) is 0 Å². The molecule has 0 atom stereocenters. The second-order valence-electron chi connectivity index (χ2n) is 4.86. The minimum absolute atomic E-state index is 0.0382. The Morgan fingerprint density at radius 2 is 2.00 bits per heavy atom. The highest BCUT2D eigenvalue weighted by atomic mass is 79.9. The number of hydrogen-bond donors (Lipinski definition) is 1. The molecule has 2 rings (SSSR count). The third kappa shape index (κ3) is 3.94. The molecule has 0 aliphatic heterocycles. The molecular weight excluding hydrogens is 308 g/mol. The van der Waals surface area contributed by atoms with Crippen molar-refractivity contribution < 1.29 is 9.90 Å². The van der Waals surface area contributed by atoms with Crippen molar-refractivity contribution in [2.45, 2.75) is 18.9 Å². The number of nitrogens with zero attached hydrogens (tertiary/aromatic N) is 2. The lowest BCUT2D eigenvalue weighted by atomic mass is 10.2. The van der Waals surface area contributed by atoms with Crippen LogP contribution in [-0.2, 0) is 4.79 Å². The van der Waals surface area contributed by atoms with Gasteiger partial charge in [0, 0.05) is 29.8 Å². The zero-order valence-corrected chi connectivity index (χ0v) is 12.6. The van der Waals surface area contributed by atoms with Gasteiger partial charge < -0.3 is 14.9 Å². The average molecular weight is 327 g/mol. The molecule has 0 heterocycles. The second-order valence-corrected chi connectivity index (χ2v) is 5.77. The van der Waals surface area contributed by atoms with Gasteiger partial charge >= 0.3 is 0 Å². The normalized spacial score (nSPS) is 14.3. The SMILES string of the molecule is CN(C(=O)CN(CCO)c1ccc(Br)cc1)C1CC1. The first-order chi connectivity index (χ1) is 9.11. The van der Waals surface area contributed by atoms with Crippen molar-refractivity contribution in [3.05, 3.63) is 28.7 Å². The summed E-state index contributed by atoms with van der Waals surface area (Å²) in [4.78, 5) is 15.9. The molecule has 1 amide bonds. The molecule has 1 aromatic carbocycles. The number of halogens is 1. The van der Waals surface area contributed by atoms with E-state index in [0.717, 1.165) is 23.0 Å². The van der Waals surface area contributed by atoms with Crippen LogP contribution in [0.4, 0.5) is 5.69 Å². The van der Waals surface area contributed by atoms with E-state index in [4.69, 9.17) is 5.11 Å². The van der Waals surface area contributed by atoms with Crippen molar-refractivity contribution >= 4 is 27.5 Å². The van der Waals surface area contributed by atoms with Gasteiger partial charge in [0.05, 0.1) is 13.2 Å². The van der Waals surface area contributed by atoms with Crippen LogP contribution in [0.25, 0.3) is 0 Å². The van der Waals surface area contributed by atoms with Gasteiger partial charge in [-0.2, -0.15) is 0 Å². The Balaban J connectivity index is 2.02. The predicted octanol–water partition coefficient (Wildman–Crippen LogP) is 1.87. The van der Waals surface area contributed by atoms with E-state index in [0.29, 0.717) is 19.1 Å². The Labute approximate surface area is 122 Å². The first-order valence-corrected chi connectivity index (χ1v) is 7.28. The lowest BCUT2D eigenvalue weighted by molar-refractivity contribution is -0.128. The lowest BCUT2D eigenvalue weighted by Crippen LogP contribution is -2.40. The van der Waals surface area contributed by atoms with Crippen molar-refractivity contribution in [2.75, 3.05) is 31.6 Å². The third-order valence-electron chi connectivity index (χ3n) is 3.38. The topological polar surface area (TPSA) is 43.8 Å². The minimum Gasteiger partial charge on any atom is -0.395 e. The van der Waals surface area contributed by atoms with Crippen LogP contribution in [0, 0.1) is 0 Å². The highest BCUT2D eigenvalue weighted by Gasteiger charge is 2.30. The van der Waals surface area contributed by atoms with E-state index in [1.807, 2.05) is 41.1 Å². The van der Waals surface area contributed by atoms with Crippen molar-refractivity contribution in [3.63, 3.8) is 0 Å². The largest absolute Gasteiger partial charge is 0.395 e. The molecule has 1 fully saturated rings. The van der Waals surface area contributed by atoms with E-state index in [2.05, 4.69) is 15.9 Å². The van der Waals surface area contributed by atoms with Gasteiger partial charge in [0.1, 0.15) is 0 Å². The lowest BCUT2D eigenvalue weighted by Gasteiger charge is -2.26. The smallest absolute Gasteiger partial charge is 0.242 e. The number of aliphatic hydroxyl groups excluding tert-OH is 1. The summed E-state index contributed by atoms with van der Waals surface area (Å²) in [6.45, 7) is 0.817. The van der Waals surface area contributed by atoms with Gasteiger partial charge in [-0.15, -0.1) is 0 Å². The third-order valence-corrected chi connectivity index (χ3v) is 3.90. The average Bonchev–Trinajstić information content (AvgIpc) is 3.22. The molecule has 104 valence electrons. The fourth-order valence-electron chi connectivity index (χ4n) is 2.01. The molecule has 1 saturated carbocycles. The number of amides is 1. The molecule has 0 aromatic heterocycles. The maximum Gasteiger partial charge on any atom is 0.242 e. The summed E-state index contributed by atoms with van der Waals surface area (Å²) in [5.41, 5.74) is 0.954. The van der Waals surface area contributed by atoms with Crippen molar-refractivity contribution in [1.82, 2.24) is 4.90 Å². The second kappa shape index (κ2) is 6.39. The van der Waals surface area contributed by atoms with Gasteiger partial charge in [-0.25, -0.2) is 0 Å². The molecule has 0 radical (unpaired) electrons. The Kier molecular flexibility index (Phi) is 4.82. The Morgan fingerprint density at radius 1 is 1.37 bits per heavy atom. The molecule has 0 saturated heterocycles. The summed E-state index contributed by atoms with van der Waals surface area (Å²) in [7, 11) is 1.86. The maximum absolute atomic E-state index is 12.1. The quantitative estimate of drug-likeness (QED) is 0.867. The van der Waals surface area contributed by atoms with Crippen molar-refractivity contribution in [1.29, 1.82) is 0 Å². The van der Waals surface area contributed by atoms with Crippen LogP contribution in [0.2, 0.25) is 0 Å². The van der Waals surface area contributed by atoms with Gasteiger partial charge in [-0.05, 0) is 37.1 Å². The summed E-state index contributed by atoms with van der Waals surface area (Å²) in [5.74, 6) is 0.110. The predicted molar refractivity (Wildman–Crippen MR) is 79.2 cm³/mol. The fourth-order valence-corrected chi connectivity index (χ4v) is 2.28. The zero-order valence-electron chi connectivity index (χ0n) is 11.1. The molecule has 1 aliphatic rings. The zero-order chi connectivity index (χ0) is 13.8. The summed E-state index contributed by atoms with van der Waals surface area (Å²) < 4.78 is 1.00. The van der Waals surface area contributed by atoms with Crippen LogP contribution >= 0.6 is 15.9 Å². The Morgan fingerprint density at radius 3 is 2.53 bits per heavy atom. The monoisotopic (exact) mass is 326 g/mol. The molecule has 4 nitrogen and oxygen atoms in total. The number of rotatable bonds is 6. The summed E-state index contributed by atoms with van der Waals surface area (Å²) >= 11 is 3.39. The standard InChI is InChI=1S/C14H19BrN2O2/c1-16(12-6-7-12)14(19)10-17(8-9-18)13-4-2-11(15)3-5-13/h2-5,12,18H,6-10H2,1H3. The van der Waals surface area contributed by atoms with E-state index in [9.17, 15) is 4.79 Å². The number of carbonyl (C=O) groups excluding carboxylic acids is 1. The van der Waals surface area contributed by atoms with E-state index in [1.54, 1.807) is 0 Å². The number of likely N-dealkylation sites (N-methyl/N-ethyl adjacent to an activating group) is 1. The highest BCUT2D eigenvalue weighted by molar-refractivity contribution is 9.10. The van der Waals surface area contributed by atoms with Gasteiger partial charge in [-0.1, -0.05) is 15.9 Å². The number of carbonyl (C=O) groups is 1. The van der Waals surface area contributed by atoms with Crippen molar-refractivity contribution in [2.24, 2.45) is 0 Å². The van der Waals surface area contributed by atoms with Crippen LogP contribution in [-0.4, -0.2) is 48.7 Å².